The normalized spacial score (nSPS) is 20.4. The third-order valence-corrected chi connectivity index (χ3v) is 7.85. The first-order valence-electron chi connectivity index (χ1n) is 8.99. The molecule has 2 aromatic heterocycles. The van der Waals surface area contributed by atoms with Crippen LogP contribution in [0.2, 0.25) is 0 Å². The van der Waals surface area contributed by atoms with Crippen molar-refractivity contribution in [3.05, 3.63) is 21.6 Å². The largest absolute Gasteiger partial charge is 0.378 e. The van der Waals surface area contributed by atoms with Crippen molar-refractivity contribution in [2.75, 3.05) is 63.6 Å². The zero-order chi connectivity index (χ0) is 19.0. The van der Waals surface area contributed by atoms with E-state index in [9.17, 15) is 8.42 Å². The summed E-state index contributed by atoms with van der Waals surface area (Å²) in [6.45, 7) is 6.77. The van der Waals surface area contributed by atoms with E-state index in [1.54, 1.807) is 15.6 Å². The number of thiophene rings is 1. The average molecular weight is 475 g/mol. The van der Waals surface area contributed by atoms with Gasteiger partial charge < -0.3 is 9.64 Å². The van der Waals surface area contributed by atoms with Crippen LogP contribution in [0, 0.1) is 0 Å². The fraction of sp³-hybridized carbons (Fsp3) is 0.588. The third-order valence-electron chi connectivity index (χ3n) is 5.01. The Kier molecular flexibility index (Phi) is 5.73. The summed E-state index contributed by atoms with van der Waals surface area (Å²) in [6, 6.07) is 4.26. The fourth-order valence-electron chi connectivity index (χ4n) is 3.58. The first-order valence-corrected chi connectivity index (χ1v) is 12.4. The Balaban J connectivity index is 1.52. The van der Waals surface area contributed by atoms with E-state index in [2.05, 4.69) is 42.8 Å². The van der Waals surface area contributed by atoms with Crippen molar-refractivity contribution in [3.8, 4) is 0 Å². The number of fused-ring (bicyclic) bond motifs is 1. The Morgan fingerprint density at radius 1 is 1.15 bits per heavy atom. The van der Waals surface area contributed by atoms with Gasteiger partial charge in [0.05, 0.1) is 35.4 Å². The lowest BCUT2D eigenvalue weighted by atomic mass is 10.2. The average Bonchev–Trinajstić information content (AvgIpc) is 3.03. The molecule has 0 spiro atoms. The van der Waals surface area contributed by atoms with Crippen LogP contribution in [0.25, 0.3) is 10.2 Å². The van der Waals surface area contributed by atoms with E-state index in [1.165, 1.54) is 21.5 Å². The number of rotatable bonds is 4. The topological polar surface area (TPSA) is 66.0 Å². The number of pyridine rings is 1. The number of ether oxygens (including phenoxy) is 1. The number of hydrogen-bond acceptors (Lipinski definition) is 7. The minimum absolute atomic E-state index is 0.562. The van der Waals surface area contributed by atoms with Crippen molar-refractivity contribution in [1.82, 2.24) is 14.2 Å². The number of halogens is 1. The molecule has 0 aromatic carbocycles. The summed E-state index contributed by atoms with van der Waals surface area (Å²) < 4.78 is 32.4. The van der Waals surface area contributed by atoms with Gasteiger partial charge in [0, 0.05) is 50.7 Å². The van der Waals surface area contributed by atoms with Gasteiger partial charge in [-0.05, 0) is 28.1 Å². The van der Waals surface area contributed by atoms with Crippen LogP contribution in [0.1, 0.15) is 4.88 Å². The molecule has 0 unspecified atom stereocenters. The predicted molar refractivity (Wildman–Crippen MR) is 112 cm³/mol. The number of aromatic nitrogens is 1. The lowest BCUT2D eigenvalue weighted by Crippen LogP contribution is -2.47. The van der Waals surface area contributed by atoms with E-state index in [1.807, 2.05) is 0 Å². The molecule has 2 saturated heterocycles. The first kappa shape index (κ1) is 19.5. The van der Waals surface area contributed by atoms with Crippen LogP contribution >= 0.6 is 27.3 Å². The number of morpholine rings is 1. The number of sulfonamides is 1. The maximum Gasteiger partial charge on any atom is 0.211 e. The molecule has 4 rings (SSSR count). The summed E-state index contributed by atoms with van der Waals surface area (Å²) in [7, 11) is -3.09. The van der Waals surface area contributed by atoms with Gasteiger partial charge in [-0.2, -0.15) is 4.31 Å². The van der Waals surface area contributed by atoms with Gasteiger partial charge in [0.2, 0.25) is 10.0 Å². The van der Waals surface area contributed by atoms with Crippen LogP contribution in [-0.2, 0) is 21.3 Å². The molecule has 0 aliphatic carbocycles. The van der Waals surface area contributed by atoms with Crippen molar-refractivity contribution >= 4 is 53.2 Å². The minimum Gasteiger partial charge on any atom is -0.378 e. The van der Waals surface area contributed by atoms with Crippen molar-refractivity contribution in [1.29, 1.82) is 0 Å². The number of anilines is 1. The van der Waals surface area contributed by atoms with E-state index in [4.69, 9.17) is 4.74 Å². The molecule has 0 amide bonds. The highest BCUT2D eigenvalue weighted by Crippen LogP contribution is 2.36. The number of hydrogen-bond donors (Lipinski definition) is 0. The van der Waals surface area contributed by atoms with Crippen LogP contribution in [0.4, 0.5) is 5.69 Å². The molecule has 2 aliphatic heterocycles. The van der Waals surface area contributed by atoms with Gasteiger partial charge in [0.1, 0.15) is 4.60 Å². The molecular weight excluding hydrogens is 452 g/mol. The van der Waals surface area contributed by atoms with Crippen molar-refractivity contribution < 1.29 is 13.2 Å². The second-order valence-corrected chi connectivity index (χ2v) is 10.9. The lowest BCUT2D eigenvalue weighted by molar-refractivity contribution is 0.123. The zero-order valence-corrected chi connectivity index (χ0v) is 18.4. The number of nitrogens with zero attached hydrogens (tertiary/aromatic N) is 4. The molecule has 0 bridgehead atoms. The highest BCUT2D eigenvalue weighted by molar-refractivity contribution is 9.10. The van der Waals surface area contributed by atoms with Gasteiger partial charge >= 0.3 is 0 Å². The molecule has 2 aromatic rings. The monoisotopic (exact) mass is 474 g/mol. The van der Waals surface area contributed by atoms with E-state index in [0.717, 1.165) is 56.1 Å². The van der Waals surface area contributed by atoms with Crippen molar-refractivity contribution in [3.63, 3.8) is 0 Å². The second kappa shape index (κ2) is 7.92. The SMILES string of the molecule is CS(=O)(=O)N1CCN(Cc2cc3nc(Br)cc(N4CCOCC4)c3s2)CC1. The summed E-state index contributed by atoms with van der Waals surface area (Å²) in [5, 5.41) is 0. The van der Waals surface area contributed by atoms with Gasteiger partial charge in [-0.3, -0.25) is 4.90 Å². The summed E-state index contributed by atoms with van der Waals surface area (Å²) in [4.78, 5) is 10.6. The molecular formula is C17H23BrN4O3S2. The molecule has 0 radical (unpaired) electrons. The Labute approximate surface area is 172 Å². The first-order chi connectivity index (χ1) is 12.9. The standard InChI is InChI=1S/C17H23BrN4O3S2/c1-27(23,24)22-4-2-20(3-5-22)12-13-10-14-17(26-13)15(11-16(18)19-14)21-6-8-25-9-7-21/h10-11H,2-9,12H2,1H3. The van der Waals surface area contributed by atoms with Crippen molar-refractivity contribution in [2.24, 2.45) is 0 Å². The van der Waals surface area contributed by atoms with Crippen LogP contribution in [0.5, 0.6) is 0 Å². The number of piperazine rings is 1. The summed E-state index contributed by atoms with van der Waals surface area (Å²) >= 11 is 5.33. The maximum absolute atomic E-state index is 11.7. The fourth-order valence-corrected chi connectivity index (χ4v) is 6.00. The van der Waals surface area contributed by atoms with E-state index in [0.29, 0.717) is 13.1 Å². The molecule has 0 saturated carbocycles. The van der Waals surface area contributed by atoms with Gasteiger partial charge in [-0.1, -0.05) is 0 Å². The van der Waals surface area contributed by atoms with Crippen molar-refractivity contribution in [2.45, 2.75) is 6.54 Å². The molecule has 0 N–H and O–H groups in total. The van der Waals surface area contributed by atoms with Crippen LogP contribution in [-0.4, -0.2) is 81.3 Å². The highest BCUT2D eigenvalue weighted by Gasteiger charge is 2.24. The smallest absolute Gasteiger partial charge is 0.211 e. The van der Waals surface area contributed by atoms with Crippen LogP contribution in [0.15, 0.2) is 16.7 Å². The Morgan fingerprint density at radius 2 is 1.85 bits per heavy atom. The van der Waals surface area contributed by atoms with E-state index < -0.39 is 10.0 Å². The Bertz CT molecular complexity index is 920. The summed E-state index contributed by atoms with van der Waals surface area (Å²) in [5.41, 5.74) is 2.23. The Hall–Kier alpha value is -0.780. The van der Waals surface area contributed by atoms with E-state index >= 15 is 0 Å². The zero-order valence-electron chi connectivity index (χ0n) is 15.2. The van der Waals surface area contributed by atoms with Gasteiger partial charge in [0.25, 0.3) is 0 Å². The predicted octanol–water partition coefficient (Wildman–Crippen LogP) is 1.97. The van der Waals surface area contributed by atoms with E-state index in [-0.39, 0.29) is 0 Å². The molecule has 2 fully saturated rings. The summed E-state index contributed by atoms with van der Waals surface area (Å²) in [5.74, 6) is 0. The second-order valence-electron chi connectivity index (χ2n) is 6.93. The summed E-state index contributed by atoms with van der Waals surface area (Å²) in [6.07, 6.45) is 1.28. The van der Waals surface area contributed by atoms with Crippen LogP contribution < -0.4 is 4.90 Å². The lowest BCUT2D eigenvalue weighted by Gasteiger charge is -2.32. The Morgan fingerprint density at radius 3 is 2.52 bits per heavy atom. The molecule has 7 nitrogen and oxygen atoms in total. The third kappa shape index (κ3) is 4.46. The minimum atomic E-state index is -3.09. The van der Waals surface area contributed by atoms with Gasteiger partial charge in [0.15, 0.2) is 0 Å². The molecule has 4 heterocycles. The molecule has 27 heavy (non-hydrogen) atoms. The molecule has 0 atom stereocenters. The van der Waals surface area contributed by atoms with Gasteiger partial charge in [-0.25, -0.2) is 13.4 Å². The molecule has 148 valence electrons. The molecule has 2 aliphatic rings. The highest BCUT2D eigenvalue weighted by atomic mass is 79.9. The van der Waals surface area contributed by atoms with Gasteiger partial charge in [-0.15, -0.1) is 11.3 Å². The maximum atomic E-state index is 11.7. The quantitative estimate of drug-likeness (QED) is 0.631. The molecule has 10 heteroatoms. The van der Waals surface area contributed by atoms with Crippen LogP contribution in [0.3, 0.4) is 0 Å².